The lowest BCUT2D eigenvalue weighted by molar-refractivity contribution is 0.632. The average Bonchev–Trinajstić information content (AvgIpc) is 3.69. The molecule has 0 N–H and O–H groups in total. The second kappa shape index (κ2) is 13.8. The van der Waals surface area contributed by atoms with Crippen molar-refractivity contribution in [2.24, 2.45) is 0 Å². The normalized spacial score (nSPS) is 11.3. The van der Waals surface area contributed by atoms with E-state index >= 15 is 0 Å². The topological polar surface area (TPSA) is 51.8 Å². The molecule has 258 valence electrons. The molecule has 0 bridgehead atoms. The van der Waals surface area contributed by atoms with E-state index < -0.39 is 0 Å². The first-order valence-corrected chi connectivity index (χ1v) is 18.4. The lowest BCUT2D eigenvalue weighted by Crippen LogP contribution is -1.96. The van der Waals surface area contributed by atoms with Gasteiger partial charge in [0.15, 0.2) is 11.4 Å². The van der Waals surface area contributed by atoms with Crippen LogP contribution in [0.1, 0.15) is 0 Å². The van der Waals surface area contributed by atoms with Gasteiger partial charge in [0.05, 0.1) is 16.9 Å². The van der Waals surface area contributed by atoms with E-state index in [1.165, 1.54) is 5.56 Å². The summed E-state index contributed by atoms with van der Waals surface area (Å²) >= 11 is 0. The zero-order valence-corrected chi connectivity index (χ0v) is 29.8. The summed E-state index contributed by atoms with van der Waals surface area (Å²) in [4.78, 5) is 15.4. The van der Waals surface area contributed by atoms with Crippen LogP contribution >= 0.6 is 0 Å². The molecule has 7 aromatic carbocycles. The number of benzene rings is 7. The van der Waals surface area contributed by atoms with Gasteiger partial charge in [-0.25, -0.2) is 15.0 Å². The smallest absolute Gasteiger partial charge is 0.162 e. The molecule has 4 nitrogen and oxygen atoms in total. The van der Waals surface area contributed by atoms with Crippen molar-refractivity contribution < 1.29 is 4.42 Å². The fourth-order valence-electron chi connectivity index (χ4n) is 7.40. The number of para-hydroxylation sites is 1. The first-order valence-electron chi connectivity index (χ1n) is 18.4. The number of hydrogen-bond donors (Lipinski definition) is 0. The minimum absolute atomic E-state index is 0.680. The summed E-state index contributed by atoms with van der Waals surface area (Å²) in [7, 11) is 0. The van der Waals surface area contributed by atoms with Crippen LogP contribution in [0.25, 0.3) is 101 Å². The minimum atomic E-state index is 0.680. The predicted molar refractivity (Wildman–Crippen MR) is 225 cm³/mol. The van der Waals surface area contributed by atoms with E-state index in [0.29, 0.717) is 5.82 Å². The zero-order chi connectivity index (χ0) is 36.6. The van der Waals surface area contributed by atoms with Gasteiger partial charge in [-0.1, -0.05) is 188 Å². The molecule has 3 aromatic heterocycles. The highest BCUT2D eigenvalue weighted by Gasteiger charge is 2.24. The van der Waals surface area contributed by atoms with E-state index in [2.05, 4.69) is 158 Å². The Morgan fingerprint density at radius 1 is 0.345 bits per heavy atom. The van der Waals surface area contributed by atoms with E-state index in [1.54, 1.807) is 0 Å². The van der Waals surface area contributed by atoms with E-state index in [1.807, 2.05) is 42.5 Å². The third-order valence-corrected chi connectivity index (χ3v) is 10.1. The van der Waals surface area contributed by atoms with Crippen LogP contribution in [0.4, 0.5) is 0 Å². The molecular weight excluding hydrogens is 671 g/mol. The maximum atomic E-state index is 6.93. The lowest BCUT2D eigenvalue weighted by atomic mass is 9.95. The minimum Gasteiger partial charge on any atom is -0.453 e. The van der Waals surface area contributed by atoms with Crippen LogP contribution in [0.15, 0.2) is 205 Å². The second-order valence-electron chi connectivity index (χ2n) is 13.6. The molecule has 0 saturated heterocycles. The van der Waals surface area contributed by atoms with Crippen molar-refractivity contribution in [2.75, 3.05) is 0 Å². The Labute approximate surface area is 319 Å². The third-order valence-electron chi connectivity index (χ3n) is 10.1. The standard InChI is InChI=1S/C51H33N3O/c1-5-15-34(16-6-1)35-25-27-36(28-26-35)44-33-45(54-51(53-44)41-21-11-4-12-22-41)37-29-31-39(32-30-37)48-50-47(42-23-13-14-24-43(42)52-48)46(38-17-7-2-8-18-38)49(55-50)40-19-9-3-10-20-40/h1-33H. The second-order valence-corrected chi connectivity index (χ2v) is 13.6. The van der Waals surface area contributed by atoms with Gasteiger partial charge in [0.25, 0.3) is 0 Å². The van der Waals surface area contributed by atoms with Crippen molar-refractivity contribution in [1.82, 2.24) is 15.0 Å². The van der Waals surface area contributed by atoms with Gasteiger partial charge in [-0.2, -0.15) is 0 Å². The van der Waals surface area contributed by atoms with Gasteiger partial charge in [0.1, 0.15) is 11.5 Å². The Morgan fingerprint density at radius 2 is 0.800 bits per heavy atom. The van der Waals surface area contributed by atoms with Gasteiger partial charge in [-0.15, -0.1) is 0 Å². The van der Waals surface area contributed by atoms with Crippen LogP contribution in [0.5, 0.6) is 0 Å². The summed E-state index contributed by atoms with van der Waals surface area (Å²) in [5.74, 6) is 1.51. The molecule has 0 aliphatic heterocycles. The van der Waals surface area contributed by atoms with Gasteiger partial charge in [-0.05, 0) is 28.8 Å². The number of fused-ring (bicyclic) bond motifs is 3. The maximum absolute atomic E-state index is 6.93. The highest BCUT2D eigenvalue weighted by Crippen LogP contribution is 2.46. The van der Waals surface area contributed by atoms with Gasteiger partial charge in [0.2, 0.25) is 0 Å². The monoisotopic (exact) mass is 703 g/mol. The van der Waals surface area contributed by atoms with Crippen molar-refractivity contribution in [1.29, 1.82) is 0 Å². The van der Waals surface area contributed by atoms with Crippen molar-refractivity contribution >= 4 is 21.9 Å². The molecule has 0 unspecified atom stereocenters. The molecular formula is C51H33N3O. The number of aromatic nitrogens is 3. The van der Waals surface area contributed by atoms with Crippen molar-refractivity contribution in [3.05, 3.63) is 200 Å². The van der Waals surface area contributed by atoms with E-state index in [0.717, 1.165) is 89.2 Å². The molecule has 0 aliphatic carbocycles. The molecule has 10 aromatic rings. The molecule has 0 amide bonds. The molecule has 0 atom stereocenters. The zero-order valence-electron chi connectivity index (χ0n) is 29.8. The average molecular weight is 704 g/mol. The number of nitrogens with zero attached hydrogens (tertiary/aromatic N) is 3. The van der Waals surface area contributed by atoms with Crippen LogP contribution in [0, 0.1) is 0 Å². The number of rotatable bonds is 7. The summed E-state index contributed by atoms with van der Waals surface area (Å²) in [5, 5.41) is 2.11. The number of pyridine rings is 1. The summed E-state index contributed by atoms with van der Waals surface area (Å²) in [6.07, 6.45) is 0. The summed E-state index contributed by atoms with van der Waals surface area (Å²) in [6, 6.07) is 68.9. The number of furan rings is 1. The highest BCUT2D eigenvalue weighted by molar-refractivity contribution is 6.18. The first-order chi connectivity index (χ1) is 27.3. The Morgan fingerprint density at radius 3 is 1.40 bits per heavy atom. The highest BCUT2D eigenvalue weighted by atomic mass is 16.3. The third kappa shape index (κ3) is 6.06. The van der Waals surface area contributed by atoms with Crippen molar-refractivity contribution in [3.63, 3.8) is 0 Å². The Kier molecular flexibility index (Phi) is 8.12. The van der Waals surface area contributed by atoms with Gasteiger partial charge < -0.3 is 4.42 Å². The summed E-state index contributed by atoms with van der Waals surface area (Å²) < 4.78 is 6.93. The molecule has 0 saturated carbocycles. The van der Waals surface area contributed by atoms with Crippen LogP contribution in [-0.4, -0.2) is 15.0 Å². The summed E-state index contributed by atoms with van der Waals surface area (Å²) in [6.45, 7) is 0. The predicted octanol–water partition coefficient (Wildman–Crippen LogP) is 13.4. The molecule has 0 aliphatic rings. The lowest BCUT2D eigenvalue weighted by Gasteiger charge is -2.11. The molecule has 10 rings (SSSR count). The molecule has 0 spiro atoms. The van der Waals surface area contributed by atoms with Crippen LogP contribution in [-0.2, 0) is 0 Å². The quantitative estimate of drug-likeness (QED) is 0.166. The van der Waals surface area contributed by atoms with Gasteiger partial charge in [0, 0.05) is 44.2 Å². The maximum Gasteiger partial charge on any atom is 0.162 e. The Balaban J connectivity index is 1.11. The van der Waals surface area contributed by atoms with E-state index in [9.17, 15) is 0 Å². The van der Waals surface area contributed by atoms with Gasteiger partial charge >= 0.3 is 0 Å². The Hall–Kier alpha value is -7.43. The van der Waals surface area contributed by atoms with Crippen LogP contribution < -0.4 is 0 Å². The molecule has 4 heteroatoms. The Bertz CT molecular complexity index is 2920. The first kappa shape index (κ1) is 32.2. The van der Waals surface area contributed by atoms with Crippen LogP contribution in [0.2, 0.25) is 0 Å². The van der Waals surface area contributed by atoms with Crippen LogP contribution in [0.3, 0.4) is 0 Å². The van der Waals surface area contributed by atoms with E-state index in [-0.39, 0.29) is 0 Å². The molecule has 0 fully saturated rings. The fourth-order valence-corrected chi connectivity index (χ4v) is 7.40. The van der Waals surface area contributed by atoms with Crippen molar-refractivity contribution in [2.45, 2.75) is 0 Å². The largest absolute Gasteiger partial charge is 0.453 e. The summed E-state index contributed by atoms with van der Waals surface area (Å²) in [5.41, 5.74) is 13.7. The van der Waals surface area contributed by atoms with Gasteiger partial charge in [-0.3, -0.25) is 0 Å². The number of hydrogen-bond acceptors (Lipinski definition) is 4. The SMILES string of the molecule is c1ccc(-c2ccc(-c3cc(-c4ccc(-c5nc6ccccc6c6c(-c7ccccc7)c(-c7ccccc7)oc56)cc4)nc(-c4ccccc4)n3)cc2)cc1. The fraction of sp³-hybridized carbons (Fsp3) is 0. The molecule has 0 radical (unpaired) electrons. The molecule has 3 heterocycles. The van der Waals surface area contributed by atoms with Crippen molar-refractivity contribution in [3.8, 4) is 78.7 Å². The molecule has 55 heavy (non-hydrogen) atoms. The van der Waals surface area contributed by atoms with E-state index in [4.69, 9.17) is 19.4 Å².